The smallest absolute Gasteiger partial charge is 0.145 e. The van der Waals surface area contributed by atoms with Gasteiger partial charge in [-0.05, 0) is 44.9 Å². The molecule has 0 spiro atoms. The highest BCUT2D eigenvalue weighted by Gasteiger charge is 2.33. The van der Waals surface area contributed by atoms with Crippen LogP contribution in [0.5, 0.6) is 0 Å². The van der Waals surface area contributed by atoms with E-state index in [9.17, 15) is 4.21 Å². The van der Waals surface area contributed by atoms with E-state index < -0.39 is 11.0 Å². The zero-order valence-corrected chi connectivity index (χ0v) is 15.8. The van der Waals surface area contributed by atoms with Gasteiger partial charge >= 0.3 is 0 Å². The summed E-state index contributed by atoms with van der Waals surface area (Å²) < 4.78 is 18.7. The zero-order valence-electron chi connectivity index (χ0n) is 14.9. The summed E-state index contributed by atoms with van der Waals surface area (Å²) in [5.41, 5.74) is 3.26. The predicted molar refractivity (Wildman–Crippen MR) is 93.6 cm³/mol. The molecule has 0 amide bonds. The van der Waals surface area contributed by atoms with E-state index >= 15 is 0 Å². The summed E-state index contributed by atoms with van der Waals surface area (Å²) in [5, 5.41) is 4.74. The van der Waals surface area contributed by atoms with Gasteiger partial charge in [0, 0.05) is 18.3 Å². The molecule has 1 heterocycles. The van der Waals surface area contributed by atoms with Gasteiger partial charge < -0.3 is 0 Å². The van der Waals surface area contributed by atoms with Crippen LogP contribution in [0.2, 0.25) is 0 Å². The third kappa shape index (κ3) is 4.06. The minimum atomic E-state index is -1.23. The molecule has 124 valence electrons. The minimum Gasteiger partial charge on any atom is -0.272 e. The maximum Gasteiger partial charge on any atom is 0.145 e. The van der Waals surface area contributed by atoms with Crippen molar-refractivity contribution in [2.45, 2.75) is 72.6 Å². The van der Waals surface area contributed by atoms with Crippen LogP contribution in [-0.4, -0.2) is 24.4 Å². The molecule has 22 heavy (non-hydrogen) atoms. The summed E-state index contributed by atoms with van der Waals surface area (Å²) in [7, 11) is -1.23. The summed E-state index contributed by atoms with van der Waals surface area (Å²) in [4.78, 5) is 0. The Bertz CT molecular complexity index is 606. The van der Waals surface area contributed by atoms with E-state index in [0.29, 0.717) is 5.92 Å². The molecular weight excluding hydrogens is 294 g/mol. The lowest BCUT2D eigenvalue weighted by molar-refractivity contribution is 0.365. The number of aromatic nitrogens is 2. The maximum atomic E-state index is 12.4. The monoisotopic (exact) mass is 323 g/mol. The lowest BCUT2D eigenvalue weighted by Gasteiger charge is -2.29. The van der Waals surface area contributed by atoms with Crippen molar-refractivity contribution in [2.24, 2.45) is 15.7 Å². The average molecular weight is 324 g/mol. The van der Waals surface area contributed by atoms with Gasteiger partial charge in [0.15, 0.2) is 0 Å². The van der Waals surface area contributed by atoms with Crippen molar-refractivity contribution >= 4 is 16.7 Å². The quantitative estimate of drug-likeness (QED) is 0.850. The predicted octanol–water partition coefficient (Wildman–Crippen LogP) is 3.76. The summed E-state index contributed by atoms with van der Waals surface area (Å²) in [6.45, 7) is 15.6. The van der Waals surface area contributed by atoms with Gasteiger partial charge in [0.25, 0.3) is 0 Å². The van der Waals surface area contributed by atoms with Gasteiger partial charge in [-0.15, -0.1) is 0 Å². The second-order valence-corrected chi connectivity index (χ2v) is 10.4. The molecule has 0 fully saturated rings. The van der Waals surface area contributed by atoms with Crippen molar-refractivity contribution < 1.29 is 4.21 Å². The molecule has 1 aliphatic carbocycles. The molecule has 1 aliphatic rings. The molecule has 1 atom stereocenters. The molecule has 5 heteroatoms. The highest BCUT2D eigenvalue weighted by molar-refractivity contribution is 7.85. The highest BCUT2D eigenvalue weighted by atomic mass is 32.2. The van der Waals surface area contributed by atoms with E-state index in [2.05, 4.69) is 38.3 Å². The average Bonchev–Trinajstić information content (AvgIpc) is 2.67. The standard InChI is InChI=1S/C17H29N3OS/c1-12(2)10-20-11-13-14(18-20)8-17(6,7)9-15(13)19-22(21)16(3,4)5/h11-12H,8-10H2,1-7H3/b19-15+/t22-/m0/s1. The first kappa shape index (κ1) is 17.4. The number of hydrogen-bond donors (Lipinski definition) is 0. The molecule has 2 rings (SSSR count). The topological polar surface area (TPSA) is 47.2 Å². The van der Waals surface area contributed by atoms with Crippen LogP contribution < -0.4 is 0 Å². The van der Waals surface area contributed by atoms with Crippen molar-refractivity contribution in [3.63, 3.8) is 0 Å². The lowest BCUT2D eigenvalue weighted by Crippen LogP contribution is -2.29. The first-order valence-electron chi connectivity index (χ1n) is 8.04. The molecule has 0 aromatic carbocycles. The molecule has 4 nitrogen and oxygen atoms in total. The van der Waals surface area contributed by atoms with Crippen LogP contribution >= 0.6 is 0 Å². The Hall–Kier alpha value is -0.970. The molecule has 1 aromatic rings. The number of fused-ring (bicyclic) bond motifs is 1. The molecule has 0 radical (unpaired) electrons. The largest absolute Gasteiger partial charge is 0.272 e. The highest BCUT2D eigenvalue weighted by Crippen LogP contribution is 2.35. The Morgan fingerprint density at radius 3 is 2.55 bits per heavy atom. The first-order valence-corrected chi connectivity index (χ1v) is 9.15. The Labute approximate surface area is 137 Å². The molecule has 0 bridgehead atoms. The zero-order chi connectivity index (χ0) is 16.7. The van der Waals surface area contributed by atoms with Gasteiger partial charge in [-0.25, -0.2) is 4.21 Å². The summed E-state index contributed by atoms with van der Waals surface area (Å²) >= 11 is 0. The van der Waals surface area contributed by atoms with Crippen molar-refractivity contribution in [2.75, 3.05) is 0 Å². The van der Waals surface area contributed by atoms with Crippen LogP contribution in [0.3, 0.4) is 0 Å². The van der Waals surface area contributed by atoms with E-state index in [1.807, 2.05) is 25.5 Å². The van der Waals surface area contributed by atoms with Crippen molar-refractivity contribution in [3.05, 3.63) is 17.5 Å². The maximum absolute atomic E-state index is 12.4. The fraction of sp³-hybridized carbons (Fsp3) is 0.765. The molecule has 0 saturated carbocycles. The number of rotatable bonds is 3. The second kappa shape index (κ2) is 5.91. The van der Waals surface area contributed by atoms with Gasteiger partial charge in [0.05, 0.1) is 16.2 Å². The van der Waals surface area contributed by atoms with Crippen LogP contribution in [0.4, 0.5) is 0 Å². The molecule has 0 saturated heterocycles. The van der Waals surface area contributed by atoms with Crippen molar-refractivity contribution in [1.82, 2.24) is 9.78 Å². The number of hydrogen-bond acceptors (Lipinski definition) is 2. The normalized spacial score (nSPS) is 21.2. The van der Waals surface area contributed by atoms with Crippen LogP contribution in [0.15, 0.2) is 10.6 Å². The Balaban J connectivity index is 2.42. The van der Waals surface area contributed by atoms with Crippen LogP contribution in [-0.2, 0) is 24.0 Å². The second-order valence-electron chi connectivity index (χ2n) is 8.52. The first-order chi connectivity index (χ1) is 9.98. The van der Waals surface area contributed by atoms with Gasteiger partial charge in [-0.1, -0.05) is 27.7 Å². The summed E-state index contributed by atoms with van der Waals surface area (Å²) in [6, 6.07) is 0. The molecule has 1 aromatic heterocycles. The Morgan fingerprint density at radius 2 is 2.00 bits per heavy atom. The van der Waals surface area contributed by atoms with Crippen molar-refractivity contribution in [1.29, 1.82) is 0 Å². The molecule has 0 aliphatic heterocycles. The van der Waals surface area contributed by atoms with Gasteiger partial charge in [0.1, 0.15) is 11.0 Å². The van der Waals surface area contributed by atoms with E-state index in [1.165, 1.54) is 0 Å². The lowest BCUT2D eigenvalue weighted by atomic mass is 9.76. The van der Waals surface area contributed by atoms with E-state index in [0.717, 1.165) is 36.4 Å². The summed E-state index contributed by atoms with van der Waals surface area (Å²) in [6.07, 6.45) is 3.90. The van der Waals surface area contributed by atoms with E-state index in [-0.39, 0.29) is 10.2 Å². The van der Waals surface area contributed by atoms with Crippen LogP contribution in [0.1, 0.15) is 66.1 Å². The fourth-order valence-electron chi connectivity index (χ4n) is 2.68. The number of nitrogens with zero attached hydrogens (tertiary/aromatic N) is 3. The molecule has 0 unspecified atom stereocenters. The third-order valence-corrected chi connectivity index (χ3v) is 5.14. The van der Waals surface area contributed by atoms with Gasteiger partial charge in [-0.3, -0.25) is 4.68 Å². The Kier molecular flexibility index (Phi) is 4.67. The van der Waals surface area contributed by atoms with Crippen LogP contribution in [0, 0.1) is 11.3 Å². The molecular formula is C17H29N3OS. The van der Waals surface area contributed by atoms with Crippen molar-refractivity contribution in [3.8, 4) is 0 Å². The van der Waals surface area contributed by atoms with Crippen LogP contribution in [0.25, 0.3) is 0 Å². The van der Waals surface area contributed by atoms with E-state index in [1.54, 1.807) is 0 Å². The third-order valence-electron chi connectivity index (χ3n) is 3.71. The summed E-state index contributed by atoms with van der Waals surface area (Å²) in [5.74, 6) is 0.554. The van der Waals surface area contributed by atoms with Gasteiger partial charge in [-0.2, -0.15) is 9.50 Å². The molecule has 0 N–H and O–H groups in total. The minimum absolute atomic E-state index is 0.116. The Morgan fingerprint density at radius 1 is 1.36 bits per heavy atom. The van der Waals surface area contributed by atoms with Gasteiger partial charge in [0.2, 0.25) is 0 Å². The fourth-order valence-corrected chi connectivity index (χ4v) is 3.32. The van der Waals surface area contributed by atoms with E-state index in [4.69, 9.17) is 5.10 Å². The SMILES string of the molecule is CC(C)Cn1cc2c(n1)CC(C)(C)C/C2=N\[S@@](=O)C(C)(C)C.